The van der Waals surface area contributed by atoms with Crippen LogP contribution in [-0.2, 0) is 6.54 Å². The van der Waals surface area contributed by atoms with Crippen LogP contribution in [0.2, 0.25) is 10.0 Å². The monoisotopic (exact) mass is 452 g/mol. The number of carbonyl (C=O) groups excluding carboxylic acids is 1. The number of anilines is 1. The third-order valence-corrected chi connectivity index (χ3v) is 6.03. The van der Waals surface area contributed by atoms with Crippen LogP contribution in [-0.4, -0.2) is 20.7 Å². The molecule has 4 aromatic rings. The molecule has 0 unspecified atom stereocenters. The van der Waals surface area contributed by atoms with Crippen LogP contribution >= 0.6 is 23.2 Å². The SMILES string of the molecule is Cc1ccc2nc(C)cc(C(=O)Nc3c(C)nn(Cc4c(Cl)cccc4Cl)c3C)c2c1. The Labute approximate surface area is 191 Å². The quantitative estimate of drug-likeness (QED) is 0.396. The lowest BCUT2D eigenvalue weighted by Gasteiger charge is -2.11. The van der Waals surface area contributed by atoms with Crippen molar-refractivity contribution in [3.05, 3.63) is 86.3 Å². The number of carbonyl (C=O) groups is 1. The van der Waals surface area contributed by atoms with Crippen LogP contribution < -0.4 is 5.32 Å². The van der Waals surface area contributed by atoms with Crippen LogP contribution in [0.25, 0.3) is 10.9 Å². The lowest BCUT2D eigenvalue weighted by molar-refractivity contribution is 0.102. The largest absolute Gasteiger partial charge is 0.319 e. The summed E-state index contributed by atoms with van der Waals surface area (Å²) in [5, 5.41) is 9.65. The molecule has 0 aliphatic rings. The normalized spacial score (nSPS) is 11.2. The summed E-state index contributed by atoms with van der Waals surface area (Å²) in [5.41, 5.74) is 6.28. The molecule has 4 rings (SSSR count). The molecule has 7 heteroatoms. The number of aromatic nitrogens is 3. The number of amides is 1. The van der Waals surface area contributed by atoms with Gasteiger partial charge in [0.25, 0.3) is 5.91 Å². The maximum Gasteiger partial charge on any atom is 0.256 e. The Balaban J connectivity index is 1.69. The minimum Gasteiger partial charge on any atom is -0.319 e. The second-order valence-corrected chi connectivity index (χ2v) is 8.50. The highest BCUT2D eigenvalue weighted by molar-refractivity contribution is 6.36. The van der Waals surface area contributed by atoms with Gasteiger partial charge in [-0.2, -0.15) is 5.10 Å². The van der Waals surface area contributed by atoms with Crippen LogP contribution in [0.1, 0.15) is 38.6 Å². The van der Waals surface area contributed by atoms with Crippen molar-refractivity contribution >= 4 is 45.7 Å². The second kappa shape index (κ2) is 8.33. The van der Waals surface area contributed by atoms with Gasteiger partial charge < -0.3 is 5.32 Å². The molecule has 0 aliphatic carbocycles. The minimum atomic E-state index is -0.192. The fraction of sp³-hybridized carbons (Fsp3) is 0.208. The number of pyridine rings is 1. The molecule has 1 N–H and O–H groups in total. The summed E-state index contributed by atoms with van der Waals surface area (Å²) in [6.07, 6.45) is 0. The fourth-order valence-corrected chi connectivity index (χ4v) is 4.22. The molecule has 31 heavy (non-hydrogen) atoms. The van der Waals surface area contributed by atoms with Crippen LogP contribution in [0.5, 0.6) is 0 Å². The molecule has 5 nitrogen and oxygen atoms in total. The highest BCUT2D eigenvalue weighted by Gasteiger charge is 2.19. The molecule has 1 amide bonds. The van der Waals surface area contributed by atoms with Crippen LogP contribution in [0, 0.1) is 27.7 Å². The predicted molar refractivity (Wildman–Crippen MR) is 126 cm³/mol. The Hall–Kier alpha value is -2.89. The zero-order valence-corrected chi connectivity index (χ0v) is 19.3. The molecular formula is C24H22Cl2N4O. The summed E-state index contributed by atoms with van der Waals surface area (Å²) in [7, 11) is 0. The molecule has 2 aromatic carbocycles. The van der Waals surface area contributed by atoms with E-state index in [0.29, 0.717) is 27.8 Å². The molecule has 0 bridgehead atoms. The lowest BCUT2D eigenvalue weighted by atomic mass is 10.0. The maximum absolute atomic E-state index is 13.3. The molecule has 0 saturated heterocycles. The van der Waals surface area contributed by atoms with Gasteiger partial charge in [0.05, 0.1) is 34.7 Å². The van der Waals surface area contributed by atoms with Crippen molar-refractivity contribution in [1.82, 2.24) is 14.8 Å². The Morgan fingerprint density at radius 2 is 1.74 bits per heavy atom. The molecule has 2 aromatic heterocycles. The highest BCUT2D eigenvalue weighted by atomic mass is 35.5. The summed E-state index contributed by atoms with van der Waals surface area (Å²) in [6, 6.07) is 13.1. The van der Waals surface area contributed by atoms with E-state index in [0.717, 1.165) is 39.1 Å². The van der Waals surface area contributed by atoms with Crippen molar-refractivity contribution in [1.29, 1.82) is 0 Å². The first kappa shape index (κ1) is 21.3. The predicted octanol–water partition coefficient (Wildman–Crippen LogP) is 6.27. The summed E-state index contributed by atoms with van der Waals surface area (Å²) in [4.78, 5) is 17.8. The highest BCUT2D eigenvalue weighted by Crippen LogP contribution is 2.28. The van der Waals surface area contributed by atoms with Crippen LogP contribution in [0.3, 0.4) is 0 Å². The second-order valence-electron chi connectivity index (χ2n) is 7.69. The molecule has 158 valence electrons. The van der Waals surface area contributed by atoms with E-state index in [-0.39, 0.29) is 5.91 Å². The van der Waals surface area contributed by atoms with Crippen molar-refractivity contribution in [3.8, 4) is 0 Å². The first-order valence-corrected chi connectivity index (χ1v) is 10.7. The Morgan fingerprint density at radius 3 is 2.45 bits per heavy atom. The van der Waals surface area contributed by atoms with Crippen molar-refractivity contribution in [3.63, 3.8) is 0 Å². The van der Waals surface area contributed by atoms with Gasteiger partial charge in [-0.05, 0) is 58.0 Å². The molecule has 0 fully saturated rings. The van der Waals surface area contributed by atoms with E-state index >= 15 is 0 Å². The van der Waals surface area contributed by atoms with Crippen molar-refractivity contribution in [2.75, 3.05) is 5.32 Å². The van der Waals surface area contributed by atoms with Gasteiger partial charge in [-0.3, -0.25) is 14.5 Å². The van der Waals surface area contributed by atoms with Crippen molar-refractivity contribution < 1.29 is 4.79 Å². The van der Waals surface area contributed by atoms with Crippen LogP contribution in [0.15, 0.2) is 42.5 Å². The van der Waals surface area contributed by atoms with Gasteiger partial charge in [0, 0.05) is 26.7 Å². The van der Waals surface area contributed by atoms with Gasteiger partial charge in [0.1, 0.15) is 0 Å². The van der Waals surface area contributed by atoms with Gasteiger partial charge in [-0.15, -0.1) is 0 Å². The Bertz CT molecular complexity index is 1310. The van der Waals surface area contributed by atoms with E-state index in [1.807, 2.05) is 58.0 Å². The van der Waals surface area contributed by atoms with E-state index < -0.39 is 0 Å². The number of aryl methyl sites for hydroxylation is 3. The Morgan fingerprint density at radius 1 is 1.03 bits per heavy atom. The van der Waals surface area contributed by atoms with Gasteiger partial charge >= 0.3 is 0 Å². The van der Waals surface area contributed by atoms with Gasteiger partial charge in [0.2, 0.25) is 0 Å². The number of halogens is 2. The Kier molecular flexibility index (Phi) is 5.73. The maximum atomic E-state index is 13.3. The number of benzene rings is 2. The lowest BCUT2D eigenvalue weighted by Crippen LogP contribution is -2.14. The molecule has 0 atom stereocenters. The smallest absolute Gasteiger partial charge is 0.256 e. The van der Waals surface area contributed by atoms with Crippen molar-refractivity contribution in [2.45, 2.75) is 34.2 Å². The van der Waals surface area contributed by atoms with Gasteiger partial charge in [0.15, 0.2) is 0 Å². The number of rotatable bonds is 4. The number of nitrogens with one attached hydrogen (secondary N) is 1. The van der Waals surface area contributed by atoms with Gasteiger partial charge in [-0.25, -0.2) is 0 Å². The average molecular weight is 453 g/mol. The minimum absolute atomic E-state index is 0.192. The van der Waals surface area contributed by atoms with Crippen LogP contribution in [0.4, 0.5) is 5.69 Å². The summed E-state index contributed by atoms with van der Waals surface area (Å²) in [5.74, 6) is -0.192. The third-order valence-electron chi connectivity index (χ3n) is 5.33. The first-order valence-electron chi connectivity index (χ1n) is 9.91. The topological polar surface area (TPSA) is 59.8 Å². The number of fused-ring (bicyclic) bond motifs is 1. The zero-order valence-electron chi connectivity index (χ0n) is 17.8. The molecule has 0 saturated carbocycles. The van der Waals surface area contributed by atoms with E-state index in [2.05, 4.69) is 15.4 Å². The van der Waals surface area contributed by atoms with Crippen molar-refractivity contribution in [2.24, 2.45) is 0 Å². The molecule has 0 spiro atoms. The number of nitrogens with zero attached hydrogens (tertiary/aromatic N) is 3. The van der Waals surface area contributed by atoms with Gasteiger partial charge in [-0.1, -0.05) is 40.9 Å². The zero-order chi connectivity index (χ0) is 22.3. The first-order chi connectivity index (χ1) is 14.7. The molecule has 0 aliphatic heterocycles. The number of hydrogen-bond donors (Lipinski definition) is 1. The number of hydrogen-bond acceptors (Lipinski definition) is 3. The average Bonchev–Trinajstić information content (AvgIpc) is 2.98. The molecule has 0 radical (unpaired) electrons. The summed E-state index contributed by atoms with van der Waals surface area (Å²) < 4.78 is 1.80. The van der Waals surface area contributed by atoms with E-state index in [4.69, 9.17) is 23.2 Å². The standard InChI is InChI=1S/C24H22Cl2N4O/c1-13-8-9-22-17(10-13)18(11-14(2)27-22)24(31)28-23-15(3)29-30(16(23)4)12-19-20(25)6-5-7-21(19)26/h5-11H,12H2,1-4H3,(H,28,31). The third kappa shape index (κ3) is 4.16. The van der Waals surface area contributed by atoms with E-state index in [1.54, 1.807) is 16.8 Å². The summed E-state index contributed by atoms with van der Waals surface area (Å²) in [6.45, 7) is 8.09. The van der Waals surface area contributed by atoms with E-state index in [9.17, 15) is 4.79 Å². The molecule has 2 heterocycles. The molecular weight excluding hydrogens is 431 g/mol. The summed E-state index contributed by atoms with van der Waals surface area (Å²) >= 11 is 12.6. The van der Waals surface area contributed by atoms with E-state index in [1.165, 1.54) is 0 Å². The fourth-order valence-electron chi connectivity index (χ4n) is 3.71.